The highest BCUT2D eigenvalue weighted by atomic mass is 32.2. The highest BCUT2D eigenvalue weighted by molar-refractivity contribution is 7.92. The van der Waals surface area contributed by atoms with Crippen LogP contribution in [0.2, 0.25) is 0 Å². The highest BCUT2D eigenvalue weighted by Gasteiger charge is 2.20. The van der Waals surface area contributed by atoms with E-state index in [-0.39, 0.29) is 5.54 Å². The fraction of sp³-hybridized carbons (Fsp3) is 0.368. The minimum Gasteiger partial charge on any atom is -0.380 e. The second kappa shape index (κ2) is 6.48. The van der Waals surface area contributed by atoms with Gasteiger partial charge in [0, 0.05) is 16.9 Å². The van der Waals surface area contributed by atoms with Crippen molar-refractivity contribution in [3.63, 3.8) is 0 Å². The first-order valence-electron chi connectivity index (χ1n) is 7.97. The van der Waals surface area contributed by atoms with Gasteiger partial charge in [-0.1, -0.05) is 17.7 Å². The van der Waals surface area contributed by atoms with Crippen LogP contribution in [0.3, 0.4) is 0 Å². The summed E-state index contributed by atoms with van der Waals surface area (Å²) in [5.41, 5.74) is 4.03. The lowest BCUT2D eigenvalue weighted by molar-refractivity contribution is 0.600. The predicted molar refractivity (Wildman–Crippen MR) is 101 cm³/mol. The normalized spacial score (nSPS) is 12.1. The Morgan fingerprint density at radius 3 is 1.75 bits per heavy atom. The minimum absolute atomic E-state index is 0.0445. The fourth-order valence-corrected chi connectivity index (χ4v) is 4.37. The Bertz CT molecular complexity index is 810. The third kappa shape index (κ3) is 4.51. The van der Waals surface area contributed by atoms with Gasteiger partial charge in [0.2, 0.25) is 0 Å². The lowest BCUT2D eigenvalue weighted by atomic mass is 10.1. The van der Waals surface area contributed by atoms with E-state index in [1.807, 2.05) is 45.0 Å². The highest BCUT2D eigenvalue weighted by Crippen LogP contribution is 2.25. The van der Waals surface area contributed by atoms with Crippen LogP contribution in [0.1, 0.15) is 37.5 Å². The molecule has 0 aliphatic heterocycles. The molecule has 0 aliphatic rings. The summed E-state index contributed by atoms with van der Waals surface area (Å²) in [5.74, 6) is 0. The number of hydrogen-bond donors (Lipinski definition) is 2. The largest absolute Gasteiger partial charge is 0.380 e. The monoisotopic (exact) mass is 346 g/mol. The van der Waals surface area contributed by atoms with Crippen molar-refractivity contribution < 1.29 is 8.42 Å². The van der Waals surface area contributed by atoms with Crippen molar-refractivity contribution in [3.8, 4) is 0 Å². The van der Waals surface area contributed by atoms with Crippen LogP contribution in [-0.2, 0) is 10.0 Å². The Kier molecular flexibility index (Phi) is 4.95. The molecule has 0 spiro atoms. The number of aryl methyl sites for hydroxylation is 3. The molecule has 2 aromatic rings. The van der Waals surface area contributed by atoms with E-state index in [1.165, 1.54) is 0 Å². The molecule has 24 heavy (non-hydrogen) atoms. The van der Waals surface area contributed by atoms with Crippen LogP contribution in [0.5, 0.6) is 0 Å². The summed E-state index contributed by atoms with van der Waals surface area (Å²) in [5, 5.41) is 3.35. The van der Waals surface area contributed by atoms with Gasteiger partial charge in [-0.05, 0) is 76.9 Å². The van der Waals surface area contributed by atoms with Gasteiger partial charge in [0.1, 0.15) is 0 Å². The SMILES string of the molecule is Cc1cc(C)c(S(=O)(=O)Nc2ccc(NC(C)(C)C)cc2)c(C)c1. The minimum atomic E-state index is -3.61. The molecule has 130 valence electrons. The first-order valence-corrected chi connectivity index (χ1v) is 9.45. The molecule has 0 atom stereocenters. The van der Waals surface area contributed by atoms with Crippen LogP contribution >= 0.6 is 0 Å². The van der Waals surface area contributed by atoms with Gasteiger partial charge in [-0.25, -0.2) is 8.42 Å². The zero-order valence-corrected chi connectivity index (χ0v) is 16.0. The molecular formula is C19H26N2O2S. The van der Waals surface area contributed by atoms with Crippen LogP contribution in [0.4, 0.5) is 11.4 Å². The van der Waals surface area contributed by atoms with Crippen LogP contribution in [0.25, 0.3) is 0 Å². The maximum absolute atomic E-state index is 12.7. The molecular weight excluding hydrogens is 320 g/mol. The first kappa shape index (κ1) is 18.3. The summed E-state index contributed by atoms with van der Waals surface area (Å²) in [6.07, 6.45) is 0. The van der Waals surface area contributed by atoms with Crippen molar-refractivity contribution in [3.05, 3.63) is 53.1 Å². The van der Waals surface area contributed by atoms with Crippen LogP contribution in [0, 0.1) is 20.8 Å². The molecule has 4 nitrogen and oxygen atoms in total. The van der Waals surface area contributed by atoms with Crippen molar-refractivity contribution in [1.82, 2.24) is 0 Å². The van der Waals surface area contributed by atoms with Gasteiger partial charge in [-0.15, -0.1) is 0 Å². The maximum atomic E-state index is 12.7. The van der Waals surface area contributed by atoms with Crippen molar-refractivity contribution in [1.29, 1.82) is 0 Å². The molecule has 0 radical (unpaired) electrons. The van der Waals surface area contributed by atoms with Gasteiger partial charge in [0.25, 0.3) is 10.0 Å². The Hall–Kier alpha value is -2.01. The van der Waals surface area contributed by atoms with Crippen molar-refractivity contribution >= 4 is 21.4 Å². The number of hydrogen-bond acceptors (Lipinski definition) is 3. The first-order chi connectivity index (χ1) is 11.0. The molecule has 0 aliphatic carbocycles. The lowest BCUT2D eigenvalue weighted by Gasteiger charge is -2.22. The number of anilines is 2. The quantitative estimate of drug-likeness (QED) is 0.849. The molecule has 0 bridgehead atoms. The molecule has 2 rings (SSSR count). The van der Waals surface area contributed by atoms with E-state index >= 15 is 0 Å². The van der Waals surface area contributed by atoms with Crippen molar-refractivity contribution in [2.24, 2.45) is 0 Å². The van der Waals surface area contributed by atoms with Gasteiger partial charge in [-0.2, -0.15) is 0 Å². The zero-order chi connectivity index (χ0) is 18.1. The van der Waals surface area contributed by atoms with E-state index in [0.717, 1.165) is 22.4 Å². The van der Waals surface area contributed by atoms with Crippen molar-refractivity contribution in [2.75, 3.05) is 10.0 Å². The third-order valence-corrected chi connectivity index (χ3v) is 5.22. The third-order valence-electron chi connectivity index (χ3n) is 3.53. The molecule has 0 amide bonds. The Morgan fingerprint density at radius 2 is 1.29 bits per heavy atom. The van der Waals surface area contributed by atoms with Gasteiger partial charge in [-0.3, -0.25) is 4.72 Å². The second-order valence-electron chi connectivity index (χ2n) is 7.29. The molecule has 0 fully saturated rings. The average Bonchev–Trinajstić information content (AvgIpc) is 2.37. The Morgan fingerprint density at radius 1 is 0.833 bits per heavy atom. The Labute approximate surface area is 145 Å². The fourth-order valence-electron chi connectivity index (χ4n) is 2.85. The van der Waals surface area contributed by atoms with Gasteiger partial charge >= 0.3 is 0 Å². The summed E-state index contributed by atoms with van der Waals surface area (Å²) < 4.78 is 28.2. The lowest BCUT2D eigenvalue weighted by Crippen LogP contribution is -2.25. The van der Waals surface area contributed by atoms with Crippen LogP contribution in [0.15, 0.2) is 41.3 Å². The summed E-state index contributed by atoms with van der Waals surface area (Å²) in [6, 6.07) is 11.1. The average molecular weight is 346 g/mol. The molecule has 5 heteroatoms. The summed E-state index contributed by atoms with van der Waals surface area (Å²) in [7, 11) is -3.61. The maximum Gasteiger partial charge on any atom is 0.262 e. The van der Waals surface area contributed by atoms with E-state index in [1.54, 1.807) is 12.1 Å². The number of rotatable bonds is 4. The molecule has 0 unspecified atom stereocenters. The number of benzene rings is 2. The van der Waals surface area contributed by atoms with E-state index in [4.69, 9.17) is 0 Å². The standard InChI is InChI=1S/C19H26N2O2S/c1-13-11-14(2)18(15(3)12-13)24(22,23)21-17-9-7-16(8-10-17)20-19(4,5)6/h7-12,20-21H,1-6H3. The smallest absolute Gasteiger partial charge is 0.262 e. The molecule has 0 saturated carbocycles. The van der Waals surface area contributed by atoms with Crippen molar-refractivity contribution in [2.45, 2.75) is 52.0 Å². The molecule has 0 aromatic heterocycles. The topological polar surface area (TPSA) is 58.2 Å². The van der Waals surface area contributed by atoms with Gasteiger partial charge < -0.3 is 5.32 Å². The molecule has 0 saturated heterocycles. The van der Waals surface area contributed by atoms with E-state index in [2.05, 4.69) is 30.8 Å². The van der Waals surface area contributed by atoms with Gasteiger partial charge in [0.05, 0.1) is 4.90 Å². The summed E-state index contributed by atoms with van der Waals surface area (Å²) >= 11 is 0. The Balaban J connectivity index is 2.27. The summed E-state index contributed by atoms with van der Waals surface area (Å²) in [6.45, 7) is 11.8. The number of nitrogens with one attached hydrogen (secondary N) is 2. The summed E-state index contributed by atoms with van der Waals surface area (Å²) in [4.78, 5) is 0.352. The van der Waals surface area contributed by atoms with E-state index in [9.17, 15) is 8.42 Å². The molecule has 2 N–H and O–H groups in total. The number of sulfonamides is 1. The molecule has 0 heterocycles. The molecule has 2 aromatic carbocycles. The van der Waals surface area contributed by atoms with Gasteiger partial charge in [0.15, 0.2) is 0 Å². The zero-order valence-electron chi connectivity index (χ0n) is 15.2. The second-order valence-corrected chi connectivity index (χ2v) is 8.90. The van der Waals surface area contributed by atoms with E-state index in [0.29, 0.717) is 10.6 Å². The van der Waals surface area contributed by atoms with E-state index < -0.39 is 10.0 Å². The van der Waals surface area contributed by atoms with Crippen LogP contribution < -0.4 is 10.0 Å². The van der Waals surface area contributed by atoms with Crippen LogP contribution in [-0.4, -0.2) is 14.0 Å². The predicted octanol–water partition coefficient (Wildman–Crippen LogP) is 4.62.